The Kier molecular flexibility index (Phi) is 6.75. The summed E-state index contributed by atoms with van der Waals surface area (Å²) in [7, 11) is 0. The summed E-state index contributed by atoms with van der Waals surface area (Å²) < 4.78 is 37.0. The van der Waals surface area contributed by atoms with E-state index in [1.54, 1.807) is 0 Å². The molecular weight excluding hydrogens is 273 g/mol. The summed E-state index contributed by atoms with van der Waals surface area (Å²) in [6, 6.07) is 0. The number of carbonyl (C=O) groups excluding carboxylic acids is 1. The van der Waals surface area contributed by atoms with Gasteiger partial charge in [-0.05, 0) is 32.2 Å². The second kappa shape index (κ2) is 7.83. The lowest BCUT2D eigenvalue weighted by molar-refractivity contribution is -0.152. The van der Waals surface area contributed by atoms with Crippen molar-refractivity contribution in [3.63, 3.8) is 0 Å². The number of piperidine rings is 1. The second-order valence-corrected chi connectivity index (χ2v) is 5.33. The average Bonchev–Trinajstić information content (AvgIpc) is 2.36. The van der Waals surface area contributed by atoms with Gasteiger partial charge in [-0.3, -0.25) is 9.69 Å². The lowest BCUT2D eigenvalue weighted by atomic mass is 9.97. The van der Waals surface area contributed by atoms with Crippen molar-refractivity contribution in [1.29, 1.82) is 0 Å². The van der Waals surface area contributed by atoms with Gasteiger partial charge >= 0.3 is 6.18 Å². The summed E-state index contributed by atoms with van der Waals surface area (Å²) in [5.41, 5.74) is 0. The van der Waals surface area contributed by atoms with E-state index in [0.29, 0.717) is 38.8 Å². The van der Waals surface area contributed by atoms with Crippen LogP contribution in [0.2, 0.25) is 0 Å². The normalized spacial score (nSPS) is 22.6. The first-order valence-electron chi connectivity index (χ1n) is 7.06. The molecule has 1 saturated heterocycles. The highest BCUT2D eigenvalue weighted by atomic mass is 19.4. The van der Waals surface area contributed by atoms with Crippen LogP contribution in [0.3, 0.4) is 0 Å². The van der Waals surface area contributed by atoms with Gasteiger partial charge in [0.15, 0.2) is 0 Å². The van der Waals surface area contributed by atoms with Crippen LogP contribution in [0.4, 0.5) is 13.2 Å². The molecule has 1 rings (SSSR count). The van der Waals surface area contributed by atoms with Crippen LogP contribution < -0.4 is 5.32 Å². The van der Waals surface area contributed by atoms with Crippen LogP contribution >= 0.6 is 0 Å². The fraction of sp³-hybridized carbons (Fsp3) is 0.923. The van der Waals surface area contributed by atoms with Crippen molar-refractivity contribution in [2.75, 3.05) is 26.2 Å². The number of hydrogen-bond donors (Lipinski definition) is 2. The third-order valence-corrected chi connectivity index (χ3v) is 3.53. The van der Waals surface area contributed by atoms with Crippen LogP contribution in [-0.2, 0) is 4.79 Å². The molecule has 20 heavy (non-hydrogen) atoms. The Hall–Kier alpha value is -0.820. The molecule has 0 saturated carbocycles. The van der Waals surface area contributed by atoms with Gasteiger partial charge in [-0.15, -0.1) is 0 Å². The van der Waals surface area contributed by atoms with E-state index in [4.69, 9.17) is 0 Å². The van der Waals surface area contributed by atoms with Crippen molar-refractivity contribution in [1.82, 2.24) is 10.2 Å². The third kappa shape index (κ3) is 6.56. The molecule has 2 unspecified atom stereocenters. The summed E-state index contributed by atoms with van der Waals surface area (Å²) in [4.78, 5) is 13.2. The monoisotopic (exact) mass is 296 g/mol. The van der Waals surface area contributed by atoms with Gasteiger partial charge in [0.1, 0.15) is 0 Å². The molecule has 0 radical (unpaired) electrons. The van der Waals surface area contributed by atoms with E-state index in [1.165, 1.54) is 4.90 Å². The number of nitrogens with zero attached hydrogens (tertiary/aromatic N) is 1. The van der Waals surface area contributed by atoms with Crippen molar-refractivity contribution in [2.24, 2.45) is 5.92 Å². The number of hydrogen-bond acceptors (Lipinski definition) is 3. The Bertz CT molecular complexity index is 310. The van der Waals surface area contributed by atoms with Gasteiger partial charge in [0, 0.05) is 13.1 Å². The third-order valence-electron chi connectivity index (χ3n) is 3.53. The topological polar surface area (TPSA) is 52.6 Å². The highest BCUT2D eigenvalue weighted by Crippen LogP contribution is 2.22. The molecule has 0 spiro atoms. The van der Waals surface area contributed by atoms with Gasteiger partial charge < -0.3 is 10.4 Å². The second-order valence-electron chi connectivity index (χ2n) is 5.33. The van der Waals surface area contributed by atoms with Gasteiger partial charge in [-0.25, -0.2) is 0 Å². The summed E-state index contributed by atoms with van der Waals surface area (Å²) in [6.07, 6.45) is -2.34. The lowest BCUT2D eigenvalue weighted by Crippen LogP contribution is -2.46. The molecule has 0 aliphatic carbocycles. The fourth-order valence-electron chi connectivity index (χ4n) is 2.38. The number of nitrogens with one attached hydrogen (secondary N) is 1. The molecule has 118 valence electrons. The molecule has 1 aliphatic heterocycles. The van der Waals surface area contributed by atoms with Crippen LogP contribution in [-0.4, -0.2) is 54.4 Å². The molecule has 1 aliphatic rings. The zero-order chi connectivity index (χ0) is 15.2. The molecule has 1 fully saturated rings. The largest absolute Gasteiger partial charge is 0.401 e. The van der Waals surface area contributed by atoms with Crippen molar-refractivity contribution in [2.45, 2.75) is 44.9 Å². The Morgan fingerprint density at radius 1 is 1.50 bits per heavy atom. The van der Waals surface area contributed by atoms with Crippen LogP contribution in [0.15, 0.2) is 0 Å². The van der Waals surface area contributed by atoms with Gasteiger partial charge in [0.25, 0.3) is 0 Å². The van der Waals surface area contributed by atoms with Crippen molar-refractivity contribution in [3.05, 3.63) is 0 Å². The minimum atomic E-state index is -4.22. The maximum Gasteiger partial charge on any atom is 0.401 e. The van der Waals surface area contributed by atoms with E-state index >= 15 is 0 Å². The van der Waals surface area contributed by atoms with Crippen LogP contribution in [0, 0.1) is 5.92 Å². The predicted octanol–water partition coefficient (Wildman–Crippen LogP) is 1.54. The minimum Gasteiger partial charge on any atom is -0.393 e. The van der Waals surface area contributed by atoms with E-state index < -0.39 is 18.8 Å². The van der Waals surface area contributed by atoms with Gasteiger partial charge in [-0.2, -0.15) is 13.2 Å². The molecule has 2 N–H and O–H groups in total. The number of carbonyl (C=O) groups is 1. The maximum atomic E-state index is 12.3. The van der Waals surface area contributed by atoms with Gasteiger partial charge in [-0.1, -0.05) is 6.92 Å². The summed E-state index contributed by atoms with van der Waals surface area (Å²) in [6.45, 7) is 1.80. The zero-order valence-electron chi connectivity index (χ0n) is 11.7. The highest BCUT2D eigenvalue weighted by molar-refractivity contribution is 5.78. The molecule has 0 aromatic rings. The number of halogens is 3. The van der Waals surface area contributed by atoms with Gasteiger partial charge in [0.05, 0.1) is 18.6 Å². The molecular formula is C13H23F3N2O2. The smallest absolute Gasteiger partial charge is 0.393 e. The zero-order valence-corrected chi connectivity index (χ0v) is 11.7. The van der Waals surface area contributed by atoms with Crippen LogP contribution in [0.25, 0.3) is 0 Å². The SMILES string of the molecule is CCC(O)CCNC(=O)C1CCCN(CC(F)(F)F)C1. The van der Waals surface area contributed by atoms with E-state index in [9.17, 15) is 23.1 Å². The van der Waals surface area contributed by atoms with Crippen LogP contribution in [0.1, 0.15) is 32.6 Å². The molecule has 0 aromatic heterocycles. The lowest BCUT2D eigenvalue weighted by Gasteiger charge is -2.32. The Balaban J connectivity index is 2.33. The summed E-state index contributed by atoms with van der Waals surface area (Å²) in [5, 5.41) is 12.1. The number of rotatable bonds is 6. The maximum absolute atomic E-state index is 12.3. The van der Waals surface area contributed by atoms with Crippen LogP contribution in [0.5, 0.6) is 0 Å². The number of alkyl halides is 3. The number of likely N-dealkylation sites (tertiary alicyclic amines) is 1. The first-order chi connectivity index (χ1) is 9.31. The number of aliphatic hydroxyl groups excluding tert-OH is 1. The first kappa shape index (κ1) is 17.2. The van der Waals surface area contributed by atoms with Crippen molar-refractivity contribution >= 4 is 5.91 Å². The van der Waals surface area contributed by atoms with E-state index in [-0.39, 0.29) is 18.4 Å². The molecule has 1 heterocycles. The summed E-state index contributed by atoms with van der Waals surface area (Å²) in [5.74, 6) is -0.593. The average molecular weight is 296 g/mol. The number of aliphatic hydroxyl groups is 1. The van der Waals surface area contributed by atoms with Gasteiger partial charge in [0.2, 0.25) is 5.91 Å². The molecule has 4 nitrogen and oxygen atoms in total. The molecule has 1 amide bonds. The summed E-state index contributed by atoms with van der Waals surface area (Å²) >= 11 is 0. The van der Waals surface area contributed by atoms with E-state index in [2.05, 4.69) is 5.32 Å². The highest BCUT2D eigenvalue weighted by Gasteiger charge is 2.34. The quantitative estimate of drug-likeness (QED) is 0.782. The Morgan fingerprint density at radius 3 is 2.80 bits per heavy atom. The molecule has 2 atom stereocenters. The fourth-order valence-corrected chi connectivity index (χ4v) is 2.38. The molecule has 7 heteroatoms. The molecule has 0 bridgehead atoms. The van der Waals surface area contributed by atoms with Crippen molar-refractivity contribution < 1.29 is 23.1 Å². The standard InChI is InChI=1S/C13H23F3N2O2/c1-2-11(19)5-6-17-12(20)10-4-3-7-18(8-10)9-13(14,15)16/h10-11,19H,2-9H2,1H3,(H,17,20). The number of amides is 1. The first-order valence-corrected chi connectivity index (χ1v) is 7.06. The Labute approximate surface area is 117 Å². The minimum absolute atomic E-state index is 0.154. The van der Waals surface area contributed by atoms with E-state index in [1.807, 2.05) is 6.92 Å². The van der Waals surface area contributed by atoms with E-state index in [0.717, 1.165) is 0 Å². The molecule has 0 aromatic carbocycles. The van der Waals surface area contributed by atoms with Crippen molar-refractivity contribution in [3.8, 4) is 0 Å². The Morgan fingerprint density at radius 2 is 2.20 bits per heavy atom. The predicted molar refractivity (Wildman–Crippen MR) is 69.1 cm³/mol.